The summed E-state index contributed by atoms with van der Waals surface area (Å²) in [6.45, 7) is 2.05. The maximum Gasteiger partial charge on any atom is 0.194 e. The van der Waals surface area contributed by atoms with Crippen LogP contribution in [-0.2, 0) is 0 Å². The standard InChI is InChI=1S/C35H27F9/c1-2-3-4-5-6-7-26(36)32(41)21-12-14-23(15-13-21)34(43)33(42)22-10-8-20(9-11-22)24-16-27(37)31(28(38)17-24)25-18-29(39)35(44)30(40)19-25/h8-19H,2-7H2,1H3. The molecule has 0 bridgehead atoms. The van der Waals surface area contributed by atoms with Crippen LogP contribution in [-0.4, -0.2) is 0 Å². The molecule has 0 fully saturated rings. The third-order valence-corrected chi connectivity index (χ3v) is 7.11. The van der Waals surface area contributed by atoms with Crippen LogP contribution in [0.4, 0.5) is 39.5 Å². The van der Waals surface area contributed by atoms with Gasteiger partial charge in [-0.05, 0) is 47.4 Å². The molecule has 0 aliphatic carbocycles. The molecule has 0 saturated carbocycles. The summed E-state index contributed by atoms with van der Waals surface area (Å²) in [5, 5.41) is 0. The molecule has 0 atom stereocenters. The molecule has 44 heavy (non-hydrogen) atoms. The van der Waals surface area contributed by atoms with Crippen molar-refractivity contribution in [1.29, 1.82) is 0 Å². The lowest BCUT2D eigenvalue weighted by atomic mass is 9.97. The zero-order valence-corrected chi connectivity index (χ0v) is 23.6. The minimum atomic E-state index is -1.78. The van der Waals surface area contributed by atoms with E-state index < -0.39 is 63.5 Å². The van der Waals surface area contributed by atoms with E-state index in [1.54, 1.807) is 0 Å². The van der Waals surface area contributed by atoms with Gasteiger partial charge < -0.3 is 0 Å². The Bertz CT molecular complexity index is 1640. The van der Waals surface area contributed by atoms with E-state index in [9.17, 15) is 39.5 Å². The fraction of sp³-hybridized carbons (Fsp3) is 0.200. The molecule has 9 heteroatoms. The molecule has 0 nitrogen and oxygen atoms in total. The molecule has 0 radical (unpaired) electrons. The SMILES string of the molecule is CCCCCCCC(F)=C(F)c1ccc(C(F)=C(F)c2ccc(-c3cc(F)c(-c4cc(F)c(F)c(F)c4)c(F)c3)cc2)cc1. The van der Waals surface area contributed by atoms with Gasteiger partial charge >= 0.3 is 0 Å². The second-order valence-electron chi connectivity index (χ2n) is 10.2. The van der Waals surface area contributed by atoms with Gasteiger partial charge in [0.15, 0.2) is 34.9 Å². The second kappa shape index (κ2) is 14.5. The van der Waals surface area contributed by atoms with Gasteiger partial charge in [0.2, 0.25) is 0 Å². The van der Waals surface area contributed by atoms with Gasteiger partial charge in [0.05, 0.1) is 5.56 Å². The molecule has 0 aliphatic heterocycles. The molecule has 0 aliphatic rings. The largest absolute Gasteiger partial charge is 0.209 e. The van der Waals surface area contributed by atoms with Crippen LogP contribution in [0.2, 0.25) is 0 Å². The fourth-order valence-corrected chi connectivity index (χ4v) is 4.69. The number of halogens is 9. The summed E-state index contributed by atoms with van der Waals surface area (Å²) in [4.78, 5) is 0. The molecule has 0 heterocycles. The van der Waals surface area contributed by atoms with Gasteiger partial charge in [0.1, 0.15) is 17.5 Å². The summed E-state index contributed by atoms with van der Waals surface area (Å²) in [5.41, 5.74) is -1.63. The Morgan fingerprint density at radius 2 is 0.909 bits per heavy atom. The third kappa shape index (κ3) is 7.44. The van der Waals surface area contributed by atoms with Gasteiger partial charge in [-0.3, -0.25) is 0 Å². The lowest BCUT2D eigenvalue weighted by Crippen LogP contribution is -1.97. The van der Waals surface area contributed by atoms with Crippen molar-refractivity contribution < 1.29 is 39.5 Å². The van der Waals surface area contributed by atoms with Crippen LogP contribution in [0, 0.1) is 29.1 Å². The molecule has 0 spiro atoms. The second-order valence-corrected chi connectivity index (χ2v) is 10.2. The highest BCUT2D eigenvalue weighted by Gasteiger charge is 2.19. The van der Waals surface area contributed by atoms with Crippen molar-refractivity contribution in [3.8, 4) is 22.3 Å². The van der Waals surface area contributed by atoms with Crippen LogP contribution in [0.1, 0.15) is 62.1 Å². The first kappa shape index (κ1) is 32.6. The first-order chi connectivity index (χ1) is 21.0. The van der Waals surface area contributed by atoms with Crippen molar-refractivity contribution in [2.24, 2.45) is 0 Å². The van der Waals surface area contributed by atoms with Crippen molar-refractivity contribution >= 4 is 17.5 Å². The Balaban J connectivity index is 1.51. The highest BCUT2D eigenvalue weighted by Crippen LogP contribution is 2.35. The van der Waals surface area contributed by atoms with E-state index in [2.05, 4.69) is 0 Å². The van der Waals surface area contributed by atoms with E-state index in [1.807, 2.05) is 6.92 Å². The number of hydrogen-bond donors (Lipinski definition) is 0. The quantitative estimate of drug-likeness (QED) is 0.0679. The fourth-order valence-electron chi connectivity index (χ4n) is 4.69. The van der Waals surface area contributed by atoms with Crippen LogP contribution in [0.25, 0.3) is 39.7 Å². The summed E-state index contributed by atoms with van der Waals surface area (Å²) in [5.74, 6) is -11.8. The molecule has 4 aromatic carbocycles. The molecule has 0 amide bonds. The van der Waals surface area contributed by atoms with Crippen molar-refractivity contribution in [3.05, 3.63) is 124 Å². The van der Waals surface area contributed by atoms with Crippen LogP contribution in [0.3, 0.4) is 0 Å². The van der Waals surface area contributed by atoms with Crippen molar-refractivity contribution in [2.45, 2.75) is 45.4 Å². The number of allylic oxidation sites excluding steroid dienone is 1. The molecule has 230 valence electrons. The van der Waals surface area contributed by atoms with E-state index in [1.165, 1.54) is 24.3 Å². The lowest BCUT2D eigenvalue weighted by molar-refractivity contribution is 0.447. The summed E-state index contributed by atoms with van der Waals surface area (Å²) in [6.07, 6.45) is 4.24. The van der Waals surface area contributed by atoms with Crippen molar-refractivity contribution in [1.82, 2.24) is 0 Å². The molecule has 0 aromatic heterocycles. The highest BCUT2D eigenvalue weighted by atomic mass is 19.2. The minimum absolute atomic E-state index is 0.0120. The minimum Gasteiger partial charge on any atom is -0.209 e. The highest BCUT2D eigenvalue weighted by molar-refractivity contribution is 5.84. The Kier molecular flexibility index (Phi) is 10.7. The normalized spacial score (nSPS) is 12.7. The van der Waals surface area contributed by atoms with E-state index in [0.29, 0.717) is 18.6 Å². The lowest BCUT2D eigenvalue weighted by Gasteiger charge is -2.10. The average Bonchev–Trinajstić information content (AvgIpc) is 3.02. The van der Waals surface area contributed by atoms with E-state index >= 15 is 0 Å². The van der Waals surface area contributed by atoms with E-state index in [4.69, 9.17) is 0 Å². The van der Waals surface area contributed by atoms with Crippen LogP contribution >= 0.6 is 0 Å². The number of unbranched alkanes of at least 4 members (excludes halogenated alkanes) is 4. The molecule has 4 rings (SSSR count). The van der Waals surface area contributed by atoms with Gasteiger partial charge in [0.25, 0.3) is 0 Å². The summed E-state index contributed by atoms with van der Waals surface area (Å²) < 4.78 is 129. The Morgan fingerprint density at radius 3 is 1.41 bits per heavy atom. The molecule has 4 aromatic rings. The predicted molar refractivity (Wildman–Crippen MR) is 155 cm³/mol. The first-order valence-electron chi connectivity index (χ1n) is 14.0. The average molecular weight is 619 g/mol. The maximum absolute atomic E-state index is 15.0. The molecular weight excluding hydrogens is 591 g/mol. The number of rotatable bonds is 11. The summed E-state index contributed by atoms with van der Waals surface area (Å²) in [6, 6.07) is 12.1. The van der Waals surface area contributed by atoms with Gasteiger partial charge in [-0.2, -0.15) is 0 Å². The van der Waals surface area contributed by atoms with Gasteiger partial charge in [-0.25, -0.2) is 39.5 Å². The zero-order chi connectivity index (χ0) is 32.0. The first-order valence-corrected chi connectivity index (χ1v) is 14.0. The Hall–Kier alpha value is -4.27. The monoisotopic (exact) mass is 618 g/mol. The third-order valence-electron chi connectivity index (χ3n) is 7.11. The zero-order valence-electron chi connectivity index (χ0n) is 23.6. The van der Waals surface area contributed by atoms with Gasteiger partial charge in [0, 0.05) is 23.1 Å². The molecule has 0 unspecified atom stereocenters. The topological polar surface area (TPSA) is 0 Å². The van der Waals surface area contributed by atoms with E-state index in [-0.39, 0.29) is 34.2 Å². The number of hydrogen-bond acceptors (Lipinski definition) is 0. The van der Waals surface area contributed by atoms with Crippen molar-refractivity contribution in [3.63, 3.8) is 0 Å². The summed E-state index contributed by atoms with van der Waals surface area (Å²) >= 11 is 0. The van der Waals surface area contributed by atoms with Gasteiger partial charge in [-0.1, -0.05) is 81.1 Å². The summed E-state index contributed by atoms with van der Waals surface area (Å²) in [7, 11) is 0. The predicted octanol–water partition coefficient (Wildman–Crippen LogP) is 12.4. The van der Waals surface area contributed by atoms with Crippen molar-refractivity contribution in [2.75, 3.05) is 0 Å². The van der Waals surface area contributed by atoms with Crippen LogP contribution < -0.4 is 0 Å². The Morgan fingerprint density at radius 1 is 0.477 bits per heavy atom. The molecule has 0 saturated heterocycles. The van der Waals surface area contributed by atoms with Crippen LogP contribution in [0.15, 0.2) is 78.6 Å². The molecular formula is C35H27F9. The maximum atomic E-state index is 15.0. The smallest absolute Gasteiger partial charge is 0.194 e. The van der Waals surface area contributed by atoms with Gasteiger partial charge in [-0.15, -0.1) is 0 Å². The van der Waals surface area contributed by atoms with Crippen LogP contribution in [0.5, 0.6) is 0 Å². The van der Waals surface area contributed by atoms with E-state index in [0.717, 1.165) is 62.1 Å². The molecule has 0 N–H and O–H groups in total. The Labute approximate surface area is 249 Å². The number of benzene rings is 4.